The van der Waals surface area contributed by atoms with E-state index in [1.54, 1.807) is 0 Å². The van der Waals surface area contributed by atoms with Gasteiger partial charge in [0, 0.05) is 27.8 Å². The van der Waals surface area contributed by atoms with E-state index in [-0.39, 0.29) is 5.92 Å². The Labute approximate surface area is 494 Å². The molecule has 1 heteroatoms. The zero-order valence-corrected chi connectivity index (χ0v) is 46.4. The predicted molar refractivity (Wildman–Crippen MR) is 346 cm³/mol. The van der Waals surface area contributed by atoms with Gasteiger partial charge in [0.1, 0.15) is 11.5 Å². The van der Waals surface area contributed by atoms with Crippen molar-refractivity contribution in [3.8, 4) is 56.0 Å². The molecule has 0 bridgehead atoms. The molecule has 5 aliphatic rings. The smallest absolute Gasteiger partial charge is 0.140 e. The van der Waals surface area contributed by atoms with Crippen molar-refractivity contribution in [1.29, 1.82) is 0 Å². The summed E-state index contributed by atoms with van der Waals surface area (Å²) in [4.78, 5) is 0. The van der Waals surface area contributed by atoms with E-state index in [1.165, 1.54) is 117 Å². The van der Waals surface area contributed by atoms with Crippen molar-refractivity contribution in [2.24, 2.45) is 0 Å². The fraction of sp³-hybridized carbons (Fsp3) is 0.0476. The lowest BCUT2D eigenvalue weighted by molar-refractivity contribution is 0.447. The summed E-state index contributed by atoms with van der Waals surface area (Å²) in [7, 11) is 0. The fourth-order valence-corrected chi connectivity index (χ4v) is 17.2. The number of benzene rings is 14. The molecule has 4 aliphatic carbocycles. The van der Waals surface area contributed by atoms with Gasteiger partial charge in [-0.05, 0) is 128 Å². The van der Waals surface area contributed by atoms with Crippen molar-refractivity contribution in [3.63, 3.8) is 0 Å². The first kappa shape index (κ1) is 46.9. The first-order valence-electron chi connectivity index (χ1n) is 29.9. The highest BCUT2D eigenvalue weighted by Crippen LogP contribution is 2.67. The van der Waals surface area contributed by atoms with Crippen molar-refractivity contribution in [1.82, 2.24) is 0 Å². The number of hydrogen-bond acceptors (Lipinski definition) is 1. The standard InChI is InChI=1S/C84H52O/c1-3-24-56(25-4-1)82(57-26-5-2-6-27-57)68-36-16-11-32-62(68)64-46-42-54(50-76(64)82)78(67-35-21-41-73-79(67)66-34-15-20-40-72(66)83(73)69-37-17-12-30-60(69)61-31-13-18-38-70(61)83)55-43-47-65-63-33-14-19-39-71(63)84(77(65)51-55)74-48-44-52-22-7-9-28-58(52)80(74)85-81-59-29-10-8-23-53(59)45-49-75(81)84/h1-51,78H. The Kier molecular flexibility index (Phi) is 9.52. The molecule has 14 aromatic carbocycles. The second kappa shape index (κ2) is 17.2. The molecule has 1 unspecified atom stereocenters. The second-order valence-electron chi connectivity index (χ2n) is 24.0. The van der Waals surface area contributed by atoms with Crippen molar-refractivity contribution in [2.45, 2.75) is 22.2 Å². The van der Waals surface area contributed by atoms with E-state index in [1.807, 2.05) is 0 Å². The van der Waals surface area contributed by atoms with Crippen molar-refractivity contribution in [2.75, 3.05) is 0 Å². The lowest BCUT2D eigenvalue weighted by Crippen LogP contribution is -2.32. The zero-order chi connectivity index (χ0) is 55.6. The molecular formula is C84H52O. The molecule has 2 spiro atoms. The molecule has 0 fully saturated rings. The van der Waals surface area contributed by atoms with Gasteiger partial charge >= 0.3 is 0 Å². The highest BCUT2D eigenvalue weighted by molar-refractivity contribution is 6.01. The summed E-state index contributed by atoms with van der Waals surface area (Å²) < 4.78 is 7.48. The third kappa shape index (κ3) is 5.87. The Hall–Kier alpha value is -10.6. The molecule has 85 heavy (non-hydrogen) atoms. The molecule has 1 heterocycles. The van der Waals surface area contributed by atoms with Crippen LogP contribution in [0.25, 0.3) is 66.1 Å². The van der Waals surface area contributed by atoms with Crippen molar-refractivity contribution < 1.29 is 4.74 Å². The van der Waals surface area contributed by atoms with Gasteiger partial charge in [-0.3, -0.25) is 0 Å². The van der Waals surface area contributed by atoms with Gasteiger partial charge in [0.15, 0.2) is 0 Å². The molecular weight excluding hydrogens is 1020 g/mol. The molecule has 14 aromatic rings. The summed E-state index contributed by atoms with van der Waals surface area (Å²) >= 11 is 0. The first-order chi connectivity index (χ1) is 42.2. The summed E-state index contributed by atoms with van der Waals surface area (Å²) in [6.07, 6.45) is 0. The maximum atomic E-state index is 7.48. The quantitative estimate of drug-likeness (QED) is 0.156. The van der Waals surface area contributed by atoms with Crippen molar-refractivity contribution in [3.05, 3.63) is 393 Å². The van der Waals surface area contributed by atoms with Crippen molar-refractivity contribution >= 4 is 21.5 Å². The Balaban J connectivity index is 0.940. The third-order valence-corrected chi connectivity index (χ3v) is 20.4. The Morgan fingerprint density at radius 3 is 1.09 bits per heavy atom. The van der Waals surface area contributed by atoms with Gasteiger partial charge in [-0.1, -0.05) is 309 Å². The van der Waals surface area contributed by atoms with Crippen LogP contribution in [-0.2, 0) is 16.2 Å². The van der Waals surface area contributed by atoms with E-state index >= 15 is 0 Å². The second-order valence-corrected chi connectivity index (χ2v) is 24.0. The van der Waals surface area contributed by atoms with E-state index in [0.29, 0.717) is 0 Å². The van der Waals surface area contributed by atoms with Crippen LogP contribution in [0.1, 0.15) is 89.4 Å². The van der Waals surface area contributed by atoms with Crippen LogP contribution in [0.15, 0.2) is 309 Å². The minimum Gasteiger partial charge on any atom is -0.455 e. The molecule has 0 N–H and O–H groups in total. The van der Waals surface area contributed by atoms with E-state index in [4.69, 9.17) is 4.74 Å². The van der Waals surface area contributed by atoms with Crippen LogP contribution >= 0.6 is 0 Å². The summed E-state index contributed by atoms with van der Waals surface area (Å²) in [5.41, 5.74) is 27.5. The topological polar surface area (TPSA) is 9.23 Å². The Morgan fingerprint density at radius 1 is 0.235 bits per heavy atom. The molecule has 0 saturated heterocycles. The third-order valence-electron chi connectivity index (χ3n) is 20.4. The molecule has 394 valence electrons. The summed E-state index contributed by atoms with van der Waals surface area (Å²) in [5, 5.41) is 4.54. The van der Waals surface area contributed by atoms with E-state index in [9.17, 15) is 0 Å². The van der Waals surface area contributed by atoms with Gasteiger partial charge in [0.25, 0.3) is 0 Å². The number of ether oxygens (including phenoxy) is 1. The molecule has 0 saturated carbocycles. The first-order valence-corrected chi connectivity index (χ1v) is 29.9. The van der Waals surface area contributed by atoms with E-state index < -0.39 is 16.2 Å². The van der Waals surface area contributed by atoms with Gasteiger partial charge in [-0.15, -0.1) is 0 Å². The highest BCUT2D eigenvalue weighted by atomic mass is 16.5. The fourth-order valence-electron chi connectivity index (χ4n) is 17.2. The van der Waals surface area contributed by atoms with Crippen LogP contribution in [0.4, 0.5) is 0 Å². The Morgan fingerprint density at radius 2 is 0.600 bits per heavy atom. The number of rotatable bonds is 5. The predicted octanol–water partition coefficient (Wildman–Crippen LogP) is 20.3. The van der Waals surface area contributed by atoms with Crippen LogP contribution in [0.2, 0.25) is 0 Å². The summed E-state index contributed by atoms with van der Waals surface area (Å²) in [6.45, 7) is 0. The average molecular weight is 1080 g/mol. The maximum absolute atomic E-state index is 7.48. The van der Waals surface area contributed by atoms with Gasteiger partial charge in [0.05, 0.1) is 16.2 Å². The molecule has 19 rings (SSSR count). The van der Waals surface area contributed by atoms with Crippen LogP contribution in [0, 0.1) is 0 Å². The average Bonchev–Trinajstić information content (AvgIpc) is 1.61. The molecule has 1 atom stereocenters. The van der Waals surface area contributed by atoms with Gasteiger partial charge < -0.3 is 4.74 Å². The highest BCUT2D eigenvalue weighted by Gasteiger charge is 2.55. The van der Waals surface area contributed by atoms with Crippen LogP contribution in [-0.4, -0.2) is 0 Å². The molecule has 0 radical (unpaired) electrons. The minimum absolute atomic E-state index is 0.235. The molecule has 0 aromatic heterocycles. The van der Waals surface area contributed by atoms with Crippen LogP contribution in [0.3, 0.4) is 0 Å². The maximum Gasteiger partial charge on any atom is 0.140 e. The summed E-state index contributed by atoms with van der Waals surface area (Å²) in [5.74, 6) is 1.60. The molecule has 1 aliphatic heterocycles. The molecule has 1 nitrogen and oxygen atoms in total. The largest absolute Gasteiger partial charge is 0.455 e. The van der Waals surface area contributed by atoms with Gasteiger partial charge in [-0.25, -0.2) is 0 Å². The lowest BCUT2D eigenvalue weighted by Gasteiger charge is -2.40. The number of fused-ring (bicyclic) bond motifs is 26. The lowest BCUT2D eigenvalue weighted by atomic mass is 9.64. The molecule has 0 amide bonds. The van der Waals surface area contributed by atoms with E-state index in [2.05, 4.69) is 309 Å². The normalized spacial score (nSPS) is 15.2. The minimum atomic E-state index is -0.731. The SMILES string of the molecule is c1ccc(C2(c3ccccc3)c3ccccc3-c3ccc(C(c4ccc5c(c4)C4(c6ccccc6-5)c5ccc6ccccc6c5Oc5c4ccc4ccccc54)c4cccc5c4-c4ccccc4C54c5ccccc5-c5ccccc54)cc32)cc1. The van der Waals surface area contributed by atoms with Gasteiger partial charge in [0.2, 0.25) is 0 Å². The zero-order valence-electron chi connectivity index (χ0n) is 46.4. The van der Waals surface area contributed by atoms with E-state index in [0.717, 1.165) is 44.2 Å². The van der Waals surface area contributed by atoms with Gasteiger partial charge in [-0.2, -0.15) is 0 Å². The summed E-state index contributed by atoms with van der Waals surface area (Å²) in [6, 6.07) is 118. The van der Waals surface area contributed by atoms with Crippen LogP contribution < -0.4 is 4.74 Å². The Bertz CT molecular complexity index is 5010. The monoisotopic (exact) mass is 1080 g/mol. The van der Waals surface area contributed by atoms with Crippen LogP contribution in [0.5, 0.6) is 11.5 Å². The number of hydrogen-bond donors (Lipinski definition) is 0.